The second kappa shape index (κ2) is 8.08. The fourth-order valence-electron chi connectivity index (χ4n) is 3.96. The van der Waals surface area contributed by atoms with Crippen LogP contribution in [0.5, 0.6) is 0 Å². The molecule has 0 spiro atoms. The van der Waals surface area contributed by atoms with Gasteiger partial charge >= 0.3 is 0 Å². The summed E-state index contributed by atoms with van der Waals surface area (Å²) in [5.74, 6) is 0.853. The Kier molecular flexibility index (Phi) is 5.86. The molecule has 1 aliphatic rings. The maximum absolute atomic E-state index is 2.72. The molecule has 0 heterocycles. The summed E-state index contributed by atoms with van der Waals surface area (Å²) in [5.41, 5.74) is 0. The Balaban J connectivity index is 1.94. The number of hydrogen-bond acceptors (Lipinski definition) is 1. The van der Waals surface area contributed by atoms with Crippen molar-refractivity contribution in [3.63, 3.8) is 0 Å². The van der Waals surface area contributed by atoms with Crippen LogP contribution in [0.25, 0.3) is 0 Å². The third kappa shape index (κ3) is 3.84. The first-order valence-electron chi connectivity index (χ1n) is 8.94. The van der Waals surface area contributed by atoms with Crippen molar-refractivity contribution >= 4 is 18.7 Å². The van der Waals surface area contributed by atoms with E-state index in [2.05, 4.69) is 79.3 Å². The molecule has 0 unspecified atom stereocenters. The molecule has 0 amide bonds. The van der Waals surface area contributed by atoms with Crippen LogP contribution in [0, 0.1) is 5.92 Å². The molecule has 2 heteroatoms. The highest BCUT2D eigenvalue weighted by Gasteiger charge is 2.32. The van der Waals surface area contributed by atoms with Gasteiger partial charge in [-0.1, -0.05) is 86.8 Å². The molecule has 2 atom stereocenters. The maximum Gasteiger partial charge on any atom is 0.0281 e. The van der Waals surface area contributed by atoms with Crippen LogP contribution in [0.1, 0.15) is 39.0 Å². The molecule has 1 nitrogen and oxygen atoms in total. The van der Waals surface area contributed by atoms with Crippen LogP contribution in [0.4, 0.5) is 0 Å². The molecule has 2 aromatic carbocycles. The normalized spacial score (nSPS) is 21.7. The van der Waals surface area contributed by atoms with Crippen molar-refractivity contribution in [3.8, 4) is 0 Å². The lowest BCUT2D eigenvalue weighted by molar-refractivity contribution is 0.202. The van der Waals surface area contributed by atoms with Crippen LogP contribution in [0.15, 0.2) is 60.7 Å². The minimum atomic E-state index is -0.434. The van der Waals surface area contributed by atoms with Gasteiger partial charge in [0.25, 0.3) is 0 Å². The molecule has 0 saturated heterocycles. The van der Waals surface area contributed by atoms with Gasteiger partial charge in [0.05, 0.1) is 0 Å². The van der Waals surface area contributed by atoms with Crippen molar-refractivity contribution in [1.29, 1.82) is 0 Å². The van der Waals surface area contributed by atoms with Crippen molar-refractivity contribution in [1.82, 2.24) is 4.67 Å². The zero-order valence-electron chi connectivity index (χ0n) is 14.4. The first-order chi connectivity index (χ1) is 11.3. The summed E-state index contributed by atoms with van der Waals surface area (Å²) in [6.07, 6.45) is 6.86. The van der Waals surface area contributed by atoms with Crippen molar-refractivity contribution < 1.29 is 0 Å². The van der Waals surface area contributed by atoms with E-state index >= 15 is 0 Å². The summed E-state index contributed by atoms with van der Waals surface area (Å²) in [7, 11) is 1.93. The van der Waals surface area contributed by atoms with Crippen LogP contribution in [0.2, 0.25) is 0 Å². The molecular weight excluding hydrogens is 297 g/mol. The van der Waals surface area contributed by atoms with E-state index in [1.807, 2.05) is 0 Å². The largest absolute Gasteiger partial charge is 0.275 e. The Bertz CT molecular complexity index is 544. The average molecular weight is 325 g/mol. The Hall–Kier alpha value is -1.17. The summed E-state index contributed by atoms with van der Waals surface area (Å²) in [6.45, 7) is 2.37. The van der Waals surface area contributed by atoms with E-state index in [4.69, 9.17) is 0 Å². The molecule has 1 saturated carbocycles. The molecule has 3 rings (SSSR count). The van der Waals surface area contributed by atoms with Gasteiger partial charge in [-0.15, -0.1) is 0 Å². The minimum absolute atomic E-state index is 0.434. The van der Waals surface area contributed by atoms with E-state index in [1.54, 1.807) is 0 Å². The van der Waals surface area contributed by atoms with Crippen molar-refractivity contribution in [3.05, 3.63) is 60.7 Å². The van der Waals surface area contributed by atoms with E-state index in [0.717, 1.165) is 12.0 Å². The van der Waals surface area contributed by atoms with Gasteiger partial charge < -0.3 is 0 Å². The second-order valence-corrected chi connectivity index (χ2v) is 8.86. The standard InChI is InChI=1S/C21H28NP/c1-3-18-12-10-11-17-21(18)22(2)23(19-13-6-4-7-14-19)20-15-8-5-9-16-20/h4-9,13-16,18,21H,3,10-12,17H2,1-2H3/t18-,21-/m1/s1. The molecule has 122 valence electrons. The molecule has 1 fully saturated rings. The molecule has 2 aromatic rings. The fourth-order valence-corrected chi connectivity index (χ4v) is 6.49. The predicted molar refractivity (Wildman–Crippen MR) is 103 cm³/mol. The van der Waals surface area contributed by atoms with Gasteiger partial charge in [0.15, 0.2) is 0 Å². The minimum Gasteiger partial charge on any atom is -0.275 e. The van der Waals surface area contributed by atoms with Gasteiger partial charge in [-0.2, -0.15) is 0 Å². The van der Waals surface area contributed by atoms with Gasteiger partial charge in [-0.3, -0.25) is 4.67 Å². The lowest BCUT2D eigenvalue weighted by Gasteiger charge is -2.42. The third-order valence-corrected chi connectivity index (χ3v) is 7.69. The third-order valence-electron chi connectivity index (χ3n) is 5.19. The Morgan fingerprint density at radius 1 is 0.870 bits per heavy atom. The summed E-state index contributed by atoms with van der Waals surface area (Å²) in [4.78, 5) is 0. The molecule has 0 radical (unpaired) electrons. The number of nitrogens with zero attached hydrogens (tertiary/aromatic N) is 1. The fraction of sp³-hybridized carbons (Fsp3) is 0.429. The molecule has 0 N–H and O–H groups in total. The lowest BCUT2D eigenvalue weighted by atomic mass is 9.83. The highest BCUT2D eigenvalue weighted by Crippen LogP contribution is 2.43. The lowest BCUT2D eigenvalue weighted by Crippen LogP contribution is -2.40. The van der Waals surface area contributed by atoms with Crippen LogP contribution in [-0.2, 0) is 0 Å². The van der Waals surface area contributed by atoms with Gasteiger partial charge in [0.2, 0.25) is 0 Å². The second-order valence-electron chi connectivity index (χ2n) is 6.58. The number of hydrogen-bond donors (Lipinski definition) is 0. The van der Waals surface area contributed by atoms with Crippen LogP contribution >= 0.6 is 8.07 Å². The molecule has 0 bridgehead atoms. The zero-order chi connectivity index (χ0) is 16.1. The van der Waals surface area contributed by atoms with E-state index in [-0.39, 0.29) is 0 Å². The maximum atomic E-state index is 2.72. The summed E-state index contributed by atoms with van der Waals surface area (Å²) in [6, 6.07) is 22.9. The zero-order valence-corrected chi connectivity index (χ0v) is 15.3. The van der Waals surface area contributed by atoms with Gasteiger partial charge in [-0.05, 0) is 36.4 Å². The van der Waals surface area contributed by atoms with Crippen molar-refractivity contribution in [2.45, 2.75) is 45.1 Å². The molecule has 0 aliphatic heterocycles. The SMILES string of the molecule is CC[C@@H]1CCCC[C@H]1N(C)P(c1ccccc1)c1ccccc1. The van der Waals surface area contributed by atoms with E-state index in [9.17, 15) is 0 Å². The molecular formula is C21H28NP. The monoisotopic (exact) mass is 325 g/mol. The first kappa shape index (κ1) is 16.7. The van der Waals surface area contributed by atoms with Crippen LogP contribution in [-0.4, -0.2) is 17.8 Å². The van der Waals surface area contributed by atoms with Crippen LogP contribution in [0.3, 0.4) is 0 Å². The predicted octanol–water partition coefficient (Wildman–Crippen LogP) is 4.93. The smallest absolute Gasteiger partial charge is 0.0281 e. The van der Waals surface area contributed by atoms with Gasteiger partial charge in [0, 0.05) is 14.1 Å². The Morgan fingerprint density at radius 2 is 1.39 bits per heavy atom. The highest BCUT2D eigenvalue weighted by molar-refractivity contribution is 7.70. The summed E-state index contributed by atoms with van der Waals surface area (Å²) >= 11 is 0. The molecule has 0 aromatic heterocycles. The topological polar surface area (TPSA) is 3.24 Å². The quantitative estimate of drug-likeness (QED) is 0.704. The number of benzene rings is 2. The van der Waals surface area contributed by atoms with Gasteiger partial charge in [0.1, 0.15) is 0 Å². The summed E-state index contributed by atoms with van der Waals surface area (Å²) < 4.78 is 2.72. The van der Waals surface area contributed by atoms with E-state index in [0.29, 0.717) is 0 Å². The van der Waals surface area contributed by atoms with Crippen molar-refractivity contribution in [2.75, 3.05) is 7.05 Å². The Labute approximate surface area is 142 Å². The molecule has 23 heavy (non-hydrogen) atoms. The van der Waals surface area contributed by atoms with E-state index in [1.165, 1.54) is 42.7 Å². The van der Waals surface area contributed by atoms with Crippen LogP contribution < -0.4 is 10.6 Å². The Morgan fingerprint density at radius 3 is 1.91 bits per heavy atom. The highest BCUT2D eigenvalue weighted by atomic mass is 31.1. The van der Waals surface area contributed by atoms with Gasteiger partial charge in [-0.25, -0.2) is 0 Å². The number of rotatable bonds is 5. The first-order valence-corrected chi connectivity index (χ1v) is 10.2. The van der Waals surface area contributed by atoms with E-state index < -0.39 is 8.07 Å². The van der Waals surface area contributed by atoms with Crippen molar-refractivity contribution in [2.24, 2.45) is 5.92 Å². The molecule has 1 aliphatic carbocycles. The summed E-state index contributed by atoms with van der Waals surface area (Å²) in [5, 5.41) is 2.94. The average Bonchev–Trinajstić information content (AvgIpc) is 2.63.